The number of carbonyl (C=O) groups excluding carboxylic acids is 1. The minimum atomic E-state index is -4.38. The van der Waals surface area contributed by atoms with Crippen molar-refractivity contribution >= 4 is 11.9 Å². The maximum atomic E-state index is 12.6. The van der Waals surface area contributed by atoms with Gasteiger partial charge in [0.2, 0.25) is 5.91 Å². The van der Waals surface area contributed by atoms with E-state index in [1.807, 2.05) is 0 Å². The van der Waals surface area contributed by atoms with Crippen molar-refractivity contribution in [2.75, 3.05) is 6.54 Å². The van der Waals surface area contributed by atoms with Crippen LogP contribution in [-0.4, -0.2) is 34.5 Å². The van der Waals surface area contributed by atoms with Gasteiger partial charge in [-0.15, -0.1) is 0 Å². The van der Waals surface area contributed by atoms with Gasteiger partial charge in [0.15, 0.2) is 0 Å². The van der Waals surface area contributed by atoms with Gasteiger partial charge in [-0.1, -0.05) is 19.1 Å². The summed E-state index contributed by atoms with van der Waals surface area (Å²) < 4.78 is 37.7. The molecule has 1 aliphatic heterocycles. The number of hydrogen-bond donors (Lipinski definition) is 1. The van der Waals surface area contributed by atoms with Crippen LogP contribution in [0.15, 0.2) is 24.3 Å². The van der Waals surface area contributed by atoms with Gasteiger partial charge < -0.3 is 10.0 Å². The van der Waals surface area contributed by atoms with Crippen LogP contribution in [0.3, 0.4) is 0 Å². The molecule has 0 aromatic heterocycles. The molecule has 132 valence electrons. The first-order chi connectivity index (χ1) is 11.2. The number of halogens is 3. The molecule has 1 heterocycles. The van der Waals surface area contributed by atoms with E-state index in [1.54, 1.807) is 11.8 Å². The van der Waals surface area contributed by atoms with Crippen LogP contribution in [0.1, 0.15) is 49.7 Å². The van der Waals surface area contributed by atoms with Crippen molar-refractivity contribution in [3.8, 4) is 0 Å². The number of carboxylic acids is 1. The number of amides is 1. The van der Waals surface area contributed by atoms with E-state index in [-0.39, 0.29) is 30.7 Å². The number of rotatable bonds is 5. The third-order valence-electron chi connectivity index (χ3n) is 4.40. The van der Waals surface area contributed by atoms with Gasteiger partial charge in [0.05, 0.1) is 12.0 Å². The molecule has 0 bridgehead atoms. The Balaban J connectivity index is 1.99. The lowest BCUT2D eigenvalue weighted by molar-refractivity contribution is -0.140. The van der Waals surface area contributed by atoms with Crippen molar-refractivity contribution in [2.45, 2.75) is 50.7 Å². The van der Waals surface area contributed by atoms with Crippen molar-refractivity contribution < 1.29 is 27.9 Å². The lowest BCUT2D eigenvalue weighted by atomic mass is 9.96. The second kappa shape index (κ2) is 7.23. The van der Waals surface area contributed by atoms with Crippen LogP contribution < -0.4 is 0 Å². The Hall–Kier alpha value is -2.05. The van der Waals surface area contributed by atoms with E-state index in [0.29, 0.717) is 18.5 Å². The Morgan fingerprint density at radius 1 is 1.29 bits per heavy atom. The number of carbonyl (C=O) groups is 2. The van der Waals surface area contributed by atoms with Gasteiger partial charge >= 0.3 is 12.1 Å². The van der Waals surface area contributed by atoms with E-state index in [4.69, 9.17) is 5.11 Å². The third-order valence-corrected chi connectivity index (χ3v) is 4.40. The van der Waals surface area contributed by atoms with Crippen LogP contribution in [0.25, 0.3) is 0 Å². The molecule has 2 rings (SSSR count). The summed E-state index contributed by atoms with van der Waals surface area (Å²) in [6.45, 7) is 2.32. The fourth-order valence-corrected chi connectivity index (χ4v) is 3.08. The molecule has 1 N–H and O–H groups in total. The number of aliphatic carboxylic acids is 1. The molecule has 2 atom stereocenters. The average Bonchev–Trinajstić information content (AvgIpc) is 2.93. The summed E-state index contributed by atoms with van der Waals surface area (Å²) in [4.78, 5) is 24.8. The predicted octanol–water partition coefficient (Wildman–Crippen LogP) is 3.66. The molecule has 7 heteroatoms. The first-order valence-corrected chi connectivity index (χ1v) is 7.87. The first-order valence-electron chi connectivity index (χ1n) is 7.87. The molecular formula is C17H20F3NO3. The Kier molecular flexibility index (Phi) is 5.51. The van der Waals surface area contributed by atoms with Crippen molar-refractivity contribution in [3.63, 3.8) is 0 Å². The highest BCUT2D eigenvalue weighted by Crippen LogP contribution is 2.31. The van der Waals surface area contributed by atoms with Gasteiger partial charge in [-0.05, 0) is 36.5 Å². The molecule has 0 spiro atoms. The highest BCUT2D eigenvalue weighted by Gasteiger charge is 2.32. The molecule has 2 unspecified atom stereocenters. The number of benzene rings is 1. The van der Waals surface area contributed by atoms with Crippen LogP contribution in [0.4, 0.5) is 13.2 Å². The van der Waals surface area contributed by atoms with E-state index < -0.39 is 17.7 Å². The SMILES string of the molecule is CC(CC(=O)N1CCCC1CC(=O)O)c1ccc(C(F)(F)F)cc1. The van der Waals surface area contributed by atoms with Crippen molar-refractivity contribution in [3.05, 3.63) is 35.4 Å². The molecule has 0 saturated carbocycles. The predicted molar refractivity (Wildman–Crippen MR) is 81.5 cm³/mol. The quantitative estimate of drug-likeness (QED) is 0.887. The van der Waals surface area contributed by atoms with Crippen LogP contribution in [0.2, 0.25) is 0 Å². The van der Waals surface area contributed by atoms with Gasteiger partial charge in [-0.2, -0.15) is 13.2 Å². The maximum absolute atomic E-state index is 12.6. The molecular weight excluding hydrogens is 323 g/mol. The molecule has 4 nitrogen and oxygen atoms in total. The first kappa shape index (κ1) is 18.3. The third kappa shape index (κ3) is 4.49. The van der Waals surface area contributed by atoms with Gasteiger partial charge in [0, 0.05) is 19.0 Å². The summed E-state index contributed by atoms with van der Waals surface area (Å²) in [5.74, 6) is -1.31. The normalized spacial score (nSPS) is 19.3. The van der Waals surface area contributed by atoms with Gasteiger partial charge in [0.25, 0.3) is 0 Å². The molecule has 0 aliphatic carbocycles. The summed E-state index contributed by atoms with van der Waals surface area (Å²) >= 11 is 0. The number of nitrogens with zero attached hydrogens (tertiary/aromatic N) is 1. The monoisotopic (exact) mass is 343 g/mol. The maximum Gasteiger partial charge on any atom is 0.416 e. The fourth-order valence-electron chi connectivity index (χ4n) is 3.08. The Bertz CT molecular complexity index is 598. The van der Waals surface area contributed by atoms with E-state index in [2.05, 4.69) is 0 Å². The Morgan fingerprint density at radius 2 is 1.92 bits per heavy atom. The topological polar surface area (TPSA) is 57.6 Å². The summed E-state index contributed by atoms with van der Waals surface area (Å²) in [7, 11) is 0. The molecule has 1 fully saturated rings. The van der Waals surface area contributed by atoms with Crippen LogP contribution in [0, 0.1) is 0 Å². The van der Waals surface area contributed by atoms with Crippen LogP contribution in [0.5, 0.6) is 0 Å². The van der Waals surface area contributed by atoms with Crippen LogP contribution in [-0.2, 0) is 15.8 Å². The molecule has 1 amide bonds. The van der Waals surface area contributed by atoms with E-state index in [9.17, 15) is 22.8 Å². The number of hydrogen-bond acceptors (Lipinski definition) is 2. The molecule has 24 heavy (non-hydrogen) atoms. The largest absolute Gasteiger partial charge is 0.481 e. The fraction of sp³-hybridized carbons (Fsp3) is 0.529. The van der Waals surface area contributed by atoms with Gasteiger partial charge in [0.1, 0.15) is 0 Å². The minimum absolute atomic E-state index is 0.0690. The second-order valence-corrected chi connectivity index (χ2v) is 6.21. The second-order valence-electron chi connectivity index (χ2n) is 6.21. The summed E-state index contributed by atoms with van der Waals surface area (Å²) in [5, 5.41) is 8.90. The van der Waals surface area contributed by atoms with E-state index in [1.165, 1.54) is 12.1 Å². The summed E-state index contributed by atoms with van der Waals surface area (Å²) in [6, 6.07) is 4.52. The standard InChI is InChI=1S/C17H20F3NO3/c1-11(12-4-6-13(7-5-12)17(18,19)20)9-15(22)21-8-2-3-14(21)10-16(23)24/h4-7,11,14H,2-3,8-10H2,1H3,(H,23,24). The smallest absolute Gasteiger partial charge is 0.416 e. The van der Waals surface area contributed by atoms with E-state index in [0.717, 1.165) is 18.6 Å². The number of alkyl halides is 3. The molecule has 0 radical (unpaired) electrons. The molecule has 1 aliphatic rings. The summed E-state index contributed by atoms with van der Waals surface area (Å²) in [6.07, 6.45) is -2.84. The molecule has 1 saturated heterocycles. The van der Waals surface area contributed by atoms with Gasteiger partial charge in [-0.25, -0.2) is 0 Å². The zero-order valence-corrected chi connectivity index (χ0v) is 13.3. The zero-order chi connectivity index (χ0) is 17.9. The van der Waals surface area contributed by atoms with Crippen molar-refractivity contribution in [1.82, 2.24) is 4.90 Å². The highest BCUT2D eigenvalue weighted by molar-refractivity contribution is 5.78. The van der Waals surface area contributed by atoms with Crippen LogP contribution >= 0.6 is 0 Å². The van der Waals surface area contributed by atoms with Gasteiger partial charge in [-0.3, -0.25) is 9.59 Å². The highest BCUT2D eigenvalue weighted by atomic mass is 19.4. The van der Waals surface area contributed by atoms with Crippen molar-refractivity contribution in [1.29, 1.82) is 0 Å². The number of likely N-dealkylation sites (tertiary alicyclic amines) is 1. The number of carboxylic acid groups (broad SMARTS) is 1. The molecule has 1 aromatic carbocycles. The van der Waals surface area contributed by atoms with E-state index >= 15 is 0 Å². The summed E-state index contributed by atoms with van der Waals surface area (Å²) in [5.41, 5.74) is -0.0591. The Labute approximate surface area is 138 Å². The average molecular weight is 343 g/mol. The Morgan fingerprint density at radius 3 is 2.46 bits per heavy atom. The zero-order valence-electron chi connectivity index (χ0n) is 13.3. The molecule has 1 aromatic rings. The lowest BCUT2D eigenvalue weighted by Gasteiger charge is -2.25. The lowest BCUT2D eigenvalue weighted by Crippen LogP contribution is -2.37. The van der Waals surface area contributed by atoms with Crippen molar-refractivity contribution in [2.24, 2.45) is 0 Å². The minimum Gasteiger partial charge on any atom is -0.481 e.